The van der Waals surface area contributed by atoms with Crippen molar-refractivity contribution in [2.75, 3.05) is 0 Å². The number of halogens is 3. The number of nitrogens with zero attached hydrogens (tertiary/aromatic N) is 1. The van der Waals surface area contributed by atoms with Gasteiger partial charge in [0.1, 0.15) is 0 Å². The Morgan fingerprint density at radius 3 is 2.27 bits per heavy atom. The largest absolute Gasteiger partial charge is 0.481 e. The Kier molecular flexibility index (Phi) is 7.67. The van der Waals surface area contributed by atoms with E-state index in [-0.39, 0.29) is 12.3 Å². The number of benzene rings is 3. The van der Waals surface area contributed by atoms with Gasteiger partial charge in [0.05, 0.1) is 11.3 Å². The Labute approximate surface area is 214 Å². The average molecular weight is 504 g/mol. The van der Waals surface area contributed by atoms with Crippen molar-refractivity contribution in [2.24, 2.45) is 0 Å². The van der Waals surface area contributed by atoms with Crippen LogP contribution in [0.15, 0.2) is 97.6 Å². The molecule has 0 fully saturated rings. The van der Waals surface area contributed by atoms with E-state index in [2.05, 4.69) is 11.1 Å². The number of rotatable bonds is 9. The summed E-state index contributed by atoms with van der Waals surface area (Å²) in [6.07, 6.45) is -1.35. The maximum absolute atomic E-state index is 13.5. The molecule has 0 bridgehead atoms. The SMILES string of the molecule is C=CC(C)c1c(-c2cccc(C(F)(F)F)c2)cc(-c2ccccc2)n1-c1ccc(CCCC(=O)O)cc1. The van der Waals surface area contributed by atoms with Crippen LogP contribution in [0.5, 0.6) is 0 Å². The van der Waals surface area contributed by atoms with E-state index in [0.717, 1.165) is 34.3 Å². The first-order chi connectivity index (χ1) is 17.7. The van der Waals surface area contributed by atoms with Gasteiger partial charge < -0.3 is 9.67 Å². The summed E-state index contributed by atoms with van der Waals surface area (Å²) in [7, 11) is 0. The van der Waals surface area contributed by atoms with Crippen LogP contribution >= 0.6 is 0 Å². The number of alkyl halides is 3. The third kappa shape index (κ3) is 5.85. The second kappa shape index (κ2) is 10.9. The first-order valence-corrected chi connectivity index (χ1v) is 12.1. The molecule has 0 spiro atoms. The lowest BCUT2D eigenvalue weighted by atomic mass is 9.96. The number of hydrogen-bond donors (Lipinski definition) is 1. The highest BCUT2D eigenvalue weighted by Crippen LogP contribution is 2.41. The van der Waals surface area contributed by atoms with E-state index in [9.17, 15) is 18.0 Å². The quantitative estimate of drug-likeness (QED) is 0.233. The lowest BCUT2D eigenvalue weighted by molar-refractivity contribution is -0.138. The molecule has 0 saturated carbocycles. The first-order valence-electron chi connectivity index (χ1n) is 12.1. The maximum Gasteiger partial charge on any atom is 0.416 e. The maximum atomic E-state index is 13.5. The fourth-order valence-corrected chi connectivity index (χ4v) is 4.54. The van der Waals surface area contributed by atoms with Gasteiger partial charge in [-0.2, -0.15) is 13.2 Å². The van der Waals surface area contributed by atoms with Crippen LogP contribution in [0.2, 0.25) is 0 Å². The van der Waals surface area contributed by atoms with Crippen LogP contribution in [0.4, 0.5) is 13.2 Å². The number of allylic oxidation sites excluding steroid dienone is 1. The number of aryl methyl sites for hydroxylation is 1. The smallest absolute Gasteiger partial charge is 0.416 e. The van der Waals surface area contributed by atoms with Gasteiger partial charge in [0.25, 0.3) is 0 Å². The zero-order valence-electron chi connectivity index (χ0n) is 20.5. The highest BCUT2D eigenvalue weighted by atomic mass is 19.4. The summed E-state index contributed by atoms with van der Waals surface area (Å²) in [5.41, 5.74) is 5.02. The topological polar surface area (TPSA) is 42.2 Å². The van der Waals surface area contributed by atoms with Gasteiger partial charge in [-0.05, 0) is 59.9 Å². The van der Waals surface area contributed by atoms with Crippen LogP contribution in [0.1, 0.15) is 42.5 Å². The minimum absolute atomic E-state index is 0.110. The molecule has 0 saturated heterocycles. The Morgan fingerprint density at radius 1 is 0.973 bits per heavy atom. The zero-order chi connectivity index (χ0) is 26.6. The minimum Gasteiger partial charge on any atom is -0.481 e. The van der Waals surface area contributed by atoms with Gasteiger partial charge in [0.2, 0.25) is 0 Å². The molecule has 0 radical (unpaired) electrons. The molecule has 1 heterocycles. The zero-order valence-corrected chi connectivity index (χ0v) is 20.5. The third-order valence-corrected chi connectivity index (χ3v) is 6.44. The second-order valence-electron chi connectivity index (χ2n) is 9.05. The summed E-state index contributed by atoms with van der Waals surface area (Å²) in [4.78, 5) is 10.9. The van der Waals surface area contributed by atoms with Crippen molar-refractivity contribution in [1.29, 1.82) is 0 Å². The predicted octanol–water partition coefficient (Wildman–Crippen LogP) is 8.53. The highest BCUT2D eigenvalue weighted by Gasteiger charge is 2.31. The molecule has 1 aromatic heterocycles. The molecule has 0 aliphatic carbocycles. The van der Waals surface area contributed by atoms with Crippen LogP contribution in [-0.2, 0) is 17.4 Å². The lowest BCUT2D eigenvalue weighted by Crippen LogP contribution is -2.07. The molecule has 37 heavy (non-hydrogen) atoms. The summed E-state index contributed by atoms with van der Waals surface area (Å²) in [6.45, 7) is 5.94. The number of aliphatic carboxylic acids is 1. The fourth-order valence-electron chi connectivity index (χ4n) is 4.54. The molecule has 190 valence electrons. The van der Waals surface area contributed by atoms with Crippen molar-refractivity contribution in [1.82, 2.24) is 4.57 Å². The Bertz CT molecular complexity index is 1390. The number of hydrogen-bond acceptors (Lipinski definition) is 1. The third-order valence-electron chi connectivity index (χ3n) is 6.44. The van der Waals surface area contributed by atoms with E-state index in [1.54, 1.807) is 12.1 Å². The number of carboxylic acid groups (broad SMARTS) is 1. The summed E-state index contributed by atoms with van der Waals surface area (Å²) in [6, 6.07) is 25.0. The molecule has 6 heteroatoms. The Balaban J connectivity index is 1.90. The summed E-state index contributed by atoms with van der Waals surface area (Å²) >= 11 is 0. The van der Waals surface area contributed by atoms with Gasteiger partial charge in [0, 0.05) is 29.3 Å². The van der Waals surface area contributed by atoms with E-state index >= 15 is 0 Å². The monoisotopic (exact) mass is 503 g/mol. The van der Waals surface area contributed by atoms with E-state index < -0.39 is 17.7 Å². The minimum atomic E-state index is -4.44. The molecule has 3 nitrogen and oxygen atoms in total. The summed E-state index contributed by atoms with van der Waals surface area (Å²) in [5, 5.41) is 8.91. The van der Waals surface area contributed by atoms with Crippen LogP contribution in [0.25, 0.3) is 28.1 Å². The molecule has 1 N–H and O–H groups in total. The van der Waals surface area contributed by atoms with Crippen molar-refractivity contribution in [3.63, 3.8) is 0 Å². The van der Waals surface area contributed by atoms with Crippen LogP contribution in [0, 0.1) is 0 Å². The molecular weight excluding hydrogens is 475 g/mol. The lowest BCUT2D eigenvalue weighted by Gasteiger charge is -2.19. The van der Waals surface area contributed by atoms with Crippen LogP contribution in [-0.4, -0.2) is 15.6 Å². The molecule has 0 aliphatic rings. The van der Waals surface area contributed by atoms with Crippen molar-refractivity contribution in [3.05, 3.63) is 114 Å². The summed E-state index contributed by atoms with van der Waals surface area (Å²) < 4.78 is 42.7. The highest BCUT2D eigenvalue weighted by molar-refractivity contribution is 5.78. The van der Waals surface area contributed by atoms with Crippen molar-refractivity contribution < 1.29 is 23.1 Å². The van der Waals surface area contributed by atoms with Gasteiger partial charge in [-0.1, -0.05) is 67.6 Å². The van der Waals surface area contributed by atoms with Crippen LogP contribution < -0.4 is 0 Å². The van der Waals surface area contributed by atoms with Gasteiger partial charge in [-0.25, -0.2) is 0 Å². The molecule has 3 aromatic carbocycles. The Hall–Kier alpha value is -4.06. The first kappa shape index (κ1) is 26.0. The average Bonchev–Trinajstić information content (AvgIpc) is 3.29. The normalized spacial score (nSPS) is 12.3. The molecule has 1 unspecified atom stereocenters. The van der Waals surface area contributed by atoms with Crippen LogP contribution in [0.3, 0.4) is 0 Å². The van der Waals surface area contributed by atoms with E-state index in [1.807, 2.05) is 67.6 Å². The molecule has 0 amide bonds. The van der Waals surface area contributed by atoms with Crippen molar-refractivity contribution in [3.8, 4) is 28.1 Å². The van der Waals surface area contributed by atoms with E-state index in [4.69, 9.17) is 5.11 Å². The van der Waals surface area contributed by atoms with Gasteiger partial charge >= 0.3 is 12.1 Å². The number of aromatic nitrogens is 1. The molecule has 4 aromatic rings. The van der Waals surface area contributed by atoms with E-state index in [1.165, 1.54) is 12.1 Å². The predicted molar refractivity (Wildman–Crippen MR) is 141 cm³/mol. The second-order valence-corrected chi connectivity index (χ2v) is 9.05. The Morgan fingerprint density at radius 2 is 1.65 bits per heavy atom. The molecular formula is C31H28F3NO2. The molecule has 4 rings (SSSR count). The standard InChI is InChI=1S/C31H28F3NO2/c1-3-21(2)30-27(24-12-8-13-25(19-24)31(32,33)34)20-28(23-10-5-4-6-11-23)35(30)26-17-15-22(16-18-26)9-7-14-29(36)37/h3-6,8,10-13,15-21H,1,7,9,14H2,2H3,(H,36,37). The summed E-state index contributed by atoms with van der Waals surface area (Å²) in [5.74, 6) is -0.973. The van der Waals surface area contributed by atoms with Gasteiger partial charge in [-0.3, -0.25) is 4.79 Å². The van der Waals surface area contributed by atoms with Crippen molar-refractivity contribution >= 4 is 5.97 Å². The fraction of sp³-hybridized carbons (Fsp3) is 0.194. The molecule has 1 atom stereocenters. The van der Waals surface area contributed by atoms with Crippen molar-refractivity contribution in [2.45, 2.75) is 38.3 Å². The van der Waals surface area contributed by atoms with Gasteiger partial charge in [0.15, 0.2) is 0 Å². The van der Waals surface area contributed by atoms with E-state index in [0.29, 0.717) is 24.0 Å². The number of carboxylic acids is 1. The number of carbonyl (C=O) groups is 1. The van der Waals surface area contributed by atoms with Gasteiger partial charge in [-0.15, -0.1) is 6.58 Å². The molecule has 0 aliphatic heterocycles.